The fourth-order valence-electron chi connectivity index (χ4n) is 3.27. The van der Waals surface area contributed by atoms with E-state index in [4.69, 9.17) is 17.0 Å². The number of aliphatic imine (C=N–C) groups is 1. The third kappa shape index (κ3) is 6.54. The predicted molar refractivity (Wildman–Crippen MR) is 127 cm³/mol. The molecule has 0 fully saturated rings. The summed E-state index contributed by atoms with van der Waals surface area (Å²) in [6, 6.07) is 24.9. The first-order valence-corrected chi connectivity index (χ1v) is 16.1. The van der Waals surface area contributed by atoms with Gasteiger partial charge in [-0.3, -0.25) is 4.99 Å². The van der Waals surface area contributed by atoms with Crippen LogP contribution >= 0.6 is 17.0 Å². The molecular weight excluding hydrogens is 492 g/mol. The maximum atomic E-state index is 11.1. The van der Waals surface area contributed by atoms with Crippen LogP contribution in [-0.2, 0) is 26.3 Å². The van der Waals surface area contributed by atoms with Crippen LogP contribution in [0.1, 0.15) is 44.4 Å². The topological polar surface area (TPSA) is 32.6 Å². The Hall–Kier alpha value is -1.41. The zero-order valence-electron chi connectivity index (χ0n) is 17.7. The van der Waals surface area contributed by atoms with Gasteiger partial charge in [0.2, 0.25) is 0 Å². The second-order valence-corrected chi connectivity index (χ2v) is 11.5. The molecule has 0 unspecified atom stereocenters. The first kappa shape index (κ1) is 24.9. The van der Waals surface area contributed by atoms with Crippen LogP contribution in [-0.4, -0.2) is 17.4 Å². The molecule has 0 heterocycles. The van der Waals surface area contributed by atoms with Crippen molar-refractivity contribution in [2.45, 2.75) is 39.2 Å². The first-order chi connectivity index (χ1) is 14.3. The first-order valence-electron chi connectivity index (χ1n) is 9.79. The van der Waals surface area contributed by atoms with Crippen LogP contribution in [0.2, 0.25) is 0 Å². The van der Waals surface area contributed by atoms with E-state index in [1.165, 1.54) is 0 Å². The molecule has 0 amide bonds. The molecule has 0 aliphatic rings. The molecule has 156 valence electrons. The second-order valence-electron chi connectivity index (χ2n) is 7.76. The van der Waals surface area contributed by atoms with Gasteiger partial charge < -0.3 is 5.11 Å². The van der Waals surface area contributed by atoms with Crippen molar-refractivity contribution in [3.63, 3.8) is 0 Å². The zero-order valence-corrected chi connectivity index (χ0v) is 21.7. The summed E-state index contributed by atoms with van der Waals surface area (Å²) >= 11 is -0.826. The molecule has 5 heteroatoms. The molecular formula is C25H27Cl2NOZr. The van der Waals surface area contributed by atoms with Crippen molar-refractivity contribution in [3.05, 3.63) is 89.5 Å². The molecule has 0 aliphatic heterocycles. The third-order valence-corrected chi connectivity index (χ3v) is 4.93. The van der Waals surface area contributed by atoms with Crippen molar-refractivity contribution in [1.82, 2.24) is 0 Å². The van der Waals surface area contributed by atoms with Crippen molar-refractivity contribution in [3.8, 4) is 16.9 Å². The number of benzene rings is 3. The molecule has 0 bridgehead atoms. The quantitative estimate of drug-likeness (QED) is 0.346. The minimum atomic E-state index is -0.826. The zero-order chi connectivity index (χ0) is 22.1. The van der Waals surface area contributed by atoms with Gasteiger partial charge in [-0.25, -0.2) is 0 Å². The Bertz CT molecular complexity index is 958. The van der Waals surface area contributed by atoms with Crippen LogP contribution in [0.25, 0.3) is 11.1 Å². The van der Waals surface area contributed by atoms with E-state index in [9.17, 15) is 5.11 Å². The molecule has 0 saturated carbocycles. The van der Waals surface area contributed by atoms with Gasteiger partial charge in [-0.05, 0) is 42.7 Å². The van der Waals surface area contributed by atoms with Crippen LogP contribution in [0, 0.1) is 0 Å². The average molecular weight is 520 g/mol. The Morgan fingerprint density at radius 1 is 0.900 bits per heavy atom. The van der Waals surface area contributed by atoms with Gasteiger partial charge in [0.1, 0.15) is 5.75 Å². The predicted octanol–water partition coefficient (Wildman–Crippen LogP) is 7.59. The van der Waals surface area contributed by atoms with Crippen LogP contribution in [0.4, 0.5) is 0 Å². The number of phenolic OH excluding ortho intramolecular Hbond substituents is 1. The number of rotatable bonds is 5. The summed E-state index contributed by atoms with van der Waals surface area (Å²) in [7, 11) is 9.87. The molecule has 0 atom stereocenters. The molecule has 0 spiro atoms. The van der Waals surface area contributed by atoms with E-state index >= 15 is 0 Å². The summed E-state index contributed by atoms with van der Waals surface area (Å²) < 4.78 is 0. The van der Waals surface area contributed by atoms with Crippen LogP contribution < -0.4 is 0 Å². The van der Waals surface area contributed by atoms with E-state index < -0.39 is 20.8 Å². The number of nitrogens with zero attached hydrogens (tertiary/aromatic N) is 1. The fraction of sp³-hybridized carbons (Fsp3) is 0.240. The molecule has 0 aromatic heterocycles. The minimum absolute atomic E-state index is 0.176. The van der Waals surface area contributed by atoms with Gasteiger partial charge in [0.15, 0.2) is 0 Å². The normalized spacial score (nSPS) is 11.3. The summed E-state index contributed by atoms with van der Waals surface area (Å²) in [5, 5.41) is 11.1. The van der Waals surface area contributed by atoms with Crippen molar-refractivity contribution < 1.29 is 26.0 Å². The Labute approximate surface area is 198 Å². The Morgan fingerprint density at radius 3 is 1.97 bits per heavy atom. The van der Waals surface area contributed by atoms with Crippen LogP contribution in [0.15, 0.2) is 77.8 Å². The summed E-state index contributed by atoms with van der Waals surface area (Å²) in [6.07, 6.45) is 1.79. The summed E-state index contributed by atoms with van der Waals surface area (Å²) in [4.78, 5) is 4.50. The van der Waals surface area contributed by atoms with E-state index in [-0.39, 0.29) is 11.5 Å². The Balaban J connectivity index is 0.00000101. The molecule has 3 aromatic carbocycles. The molecule has 0 radical (unpaired) electrons. The van der Waals surface area contributed by atoms with E-state index in [2.05, 4.69) is 49.2 Å². The number of phenols is 1. The van der Waals surface area contributed by atoms with E-state index in [0.29, 0.717) is 5.75 Å². The van der Waals surface area contributed by atoms with E-state index in [1.807, 2.05) is 56.3 Å². The number of hydrogen-bond donors (Lipinski definition) is 1. The number of hydrogen-bond acceptors (Lipinski definition) is 2. The number of aromatic hydroxyl groups is 1. The van der Waals surface area contributed by atoms with Gasteiger partial charge in [-0.2, -0.15) is 0 Å². The Kier molecular flexibility index (Phi) is 9.81. The van der Waals surface area contributed by atoms with Crippen molar-refractivity contribution >= 4 is 23.2 Å². The molecule has 3 rings (SSSR count). The van der Waals surface area contributed by atoms with Gasteiger partial charge in [-0.1, -0.05) is 74.5 Å². The molecule has 2 nitrogen and oxygen atoms in total. The van der Waals surface area contributed by atoms with Crippen molar-refractivity contribution in [2.24, 2.45) is 4.99 Å². The van der Waals surface area contributed by atoms with Gasteiger partial charge >= 0.3 is 37.9 Å². The standard InChI is InChI=1S/C25H27NO.2ClH.Zr/c1-18(2)26-17-21-15-20(19-11-7-5-8-12-19)16-23(24(21)27)25(3,4)22-13-9-6-10-14-22;;;/h5-18,27H,1-4H3;2*1H;/q;;;+2/p-2. The molecule has 1 N–H and O–H groups in total. The second kappa shape index (κ2) is 11.8. The average Bonchev–Trinajstić information content (AvgIpc) is 2.74. The number of halogens is 2. The SMILES string of the molecule is CC(C)N=Cc1cc(-c2ccccc2)cc(C(C)(C)c2ccccc2)c1O.[Cl][Zr][Cl]. The summed E-state index contributed by atoms with van der Waals surface area (Å²) in [6.45, 7) is 8.36. The van der Waals surface area contributed by atoms with Crippen LogP contribution in [0.5, 0.6) is 5.75 Å². The molecule has 30 heavy (non-hydrogen) atoms. The van der Waals surface area contributed by atoms with Crippen LogP contribution in [0.3, 0.4) is 0 Å². The van der Waals surface area contributed by atoms with Gasteiger partial charge in [0.05, 0.1) is 0 Å². The maximum absolute atomic E-state index is 11.1. The van der Waals surface area contributed by atoms with Gasteiger partial charge in [-0.15, -0.1) is 0 Å². The monoisotopic (exact) mass is 517 g/mol. The van der Waals surface area contributed by atoms with E-state index in [1.54, 1.807) is 6.21 Å². The van der Waals surface area contributed by atoms with Gasteiger partial charge in [0.25, 0.3) is 0 Å². The third-order valence-electron chi connectivity index (χ3n) is 4.93. The van der Waals surface area contributed by atoms with E-state index in [0.717, 1.165) is 27.8 Å². The van der Waals surface area contributed by atoms with Gasteiger partial charge in [0, 0.05) is 28.8 Å². The molecule has 0 aliphatic carbocycles. The Morgan fingerprint density at radius 2 is 1.43 bits per heavy atom. The fourth-order valence-corrected chi connectivity index (χ4v) is 3.27. The van der Waals surface area contributed by atoms with Crippen molar-refractivity contribution in [1.29, 1.82) is 0 Å². The summed E-state index contributed by atoms with van der Waals surface area (Å²) in [5.41, 5.74) is 4.69. The summed E-state index contributed by atoms with van der Waals surface area (Å²) in [5.74, 6) is 0.299. The molecule has 3 aromatic rings. The molecule has 0 saturated heterocycles. The van der Waals surface area contributed by atoms with Crippen molar-refractivity contribution in [2.75, 3.05) is 0 Å².